The summed E-state index contributed by atoms with van der Waals surface area (Å²) in [7, 11) is 0. The first-order chi connectivity index (χ1) is 12.9. The first-order valence-corrected chi connectivity index (χ1v) is 9.12. The van der Waals surface area contributed by atoms with Gasteiger partial charge in [0.05, 0.1) is 6.42 Å². The summed E-state index contributed by atoms with van der Waals surface area (Å²) in [5.41, 5.74) is -0.0745. The second-order valence-electron chi connectivity index (χ2n) is 7.40. The molecule has 146 valence electrons. The highest BCUT2D eigenvalue weighted by atomic mass is 19.1. The summed E-state index contributed by atoms with van der Waals surface area (Å²) in [6.07, 6.45) is 1.04. The van der Waals surface area contributed by atoms with E-state index in [2.05, 4.69) is 10.5 Å². The molecule has 8 heteroatoms. The molecule has 1 aromatic rings. The van der Waals surface area contributed by atoms with E-state index in [1.165, 1.54) is 24.3 Å². The fourth-order valence-electron chi connectivity index (χ4n) is 3.13. The molecular weight excluding hydrogens is 353 g/mol. The standard InChI is InChI=1S/C19H24FN3O4/c1-13(2)12-21-18(25)26-16-11-19(27-22-16)7-9-23(10-8-19)17(24)14-3-5-15(20)6-4-14/h3-6,13H,7-12H2,1-2H3,(H,21,25). The Kier molecular flexibility index (Phi) is 5.62. The molecule has 0 unspecified atom stereocenters. The number of nitrogens with zero attached hydrogens (tertiary/aromatic N) is 2. The fraction of sp³-hybridized carbons (Fsp3) is 0.526. The number of halogens is 1. The lowest BCUT2D eigenvalue weighted by Crippen LogP contribution is -2.47. The van der Waals surface area contributed by atoms with Crippen LogP contribution >= 0.6 is 0 Å². The van der Waals surface area contributed by atoms with Crippen molar-refractivity contribution in [2.75, 3.05) is 19.6 Å². The Morgan fingerprint density at radius 2 is 1.96 bits per heavy atom. The average Bonchev–Trinajstić information content (AvgIpc) is 3.03. The number of benzene rings is 1. The van der Waals surface area contributed by atoms with Gasteiger partial charge in [0.1, 0.15) is 11.4 Å². The number of oxime groups is 1. The summed E-state index contributed by atoms with van der Waals surface area (Å²) >= 11 is 0. The minimum absolute atomic E-state index is 0.131. The summed E-state index contributed by atoms with van der Waals surface area (Å²) in [4.78, 5) is 31.5. The number of hydrogen-bond acceptors (Lipinski definition) is 5. The molecular formula is C19H24FN3O4. The molecule has 1 aromatic carbocycles. The molecule has 2 heterocycles. The highest BCUT2D eigenvalue weighted by molar-refractivity contribution is 5.94. The number of alkyl carbamates (subject to hydrolysis) is 1. The molecule has 0 aromatic heterocycles. The van der Waals surface area contributed by atoms with Crippen molar-refractivity contribution in [3.63, 3.8) is 0 Å². The molecule has 0 bridgehead atoms. The molecule has 7 nitrogen and oxygen atoms in total. The molecule has 1 N–H and O–H groups in total. The van der Waals surface area contributed by atoms with Gasteiger partial charge < -0.3 is 19.8 Å². The zero-order valence-corrected chi connectivity index (χ0v) is 15.5. The Hall–Kier alpha value is -2.64. The Balaban J connectivity index is 1.48. The van der Waals surface area contributed by atoms with Crippen LogP contribution < -0.4 is 5.32 Å². The van der Waals surface area contributed by atoms with E-state index in [1.807, 2.05) is 13.8 Å². The Labute approximate surface area is 157 Å². The molecule has 1 saturated heterocycles. The van der Waals surface area contributed by atoms with Crippen molar-refractivity contribution in [1.82, 2.24) is 10.2 Å². The number of hydrogen-bond donors (Lipinski definition) is 1. The van der Waals surface area contributed by atoms with Crippen LogP contribution in [0.5, 0.6) is 0 Å². The van der Waals surface area contributed by atoms with Crippen molar-refractivity contribution in [3.05, 3.63) is 35.6 Å². The van der Waals surface area contributed by atoms with Crippen LogP contribution in [0, 0.1) is 11.7 Å². The van der Waals surface area contributed by atoms with Crippen LogP contribution in [0.2, 0.25) is 0 Å². The number of rotatable bonds is 3. The SMILES string of the molecule is CC(C)CNC(=O)OC1=NOC2(CCN(C(=O)c3ccc(F)cc3)CC2)C1. The molecule has 0 aliphatic carbocycles. The topological polar surface area (TPSA) is 80.2 Å². The first-order valence-electron chi connectivity index (χ1n) is 9.12. The predicted molar refractivity (Wildman–Crippen MR) is 96.7 cm³/mol. The Morgan fingerprint density at radius 3 is 2.59 bits per heavy atom. The summed E-state index contributed by atoms with van der Waals surface area (Å²) < 4.78 is 18.2. The molecule has 2 amide bonds. The number of ether oxygens (including phenoxy) is 1. The van der Waals surface area contributed by atoms with Crippen LogP contribution in [0.25, 0.3) is 0 Å². The van der Waals surface area contributed by atoms with Gasteiger partial charge in [0.15, 0.2) is 0 Å². The van der Waals surface area contributed by atoms with Crippen molar-refractivity contribution >= 4 is 17.9 Å². The normalized spacial score (nSPS) is 18.2. The van der Waals surface area contributed by atoms with Crippen molar-refractivity contribution in [3.8, 4) is 0 Å². The molecule has 0 atom stereocenters. The van der Waals surface area contributed by atoms with Crippen molar-refractivity contribution < 1.29 is 23.6 Å². The van der Waals surface area contributed by atoms with E-state index in [0.29, 0.717) is 50.4 Å². The van der Waals surface area contributed by atoms with Crippen molar-refractivity contribution in [1.29, 1.82) is 0 Å². The van der Waals surface area contributed by atoms with Gasteiger partial charge in [0.25, 0.3) is 5.91 Å². The molecule has 0 radical (unpaired) electrons. The molecule has 1 spiro atoms. The Morgan fingerprint density at radius 1 is 1.30 bits per heavy atom. The smallest absolute Gasteiger partial charge is 0.392 e. The highest BCUT2D eigenvalue weighted by Crippen LogP contribution is 2.35. The Bertz CT molecular complexity index is 725. The lowest BCUT2D eigenvalue weighted by molar-refractivity contribution is -0.0568. The maximum atomic E-state index is 13.0. The van der Waals surface area contributed by atoms with Crippen LogP contribution in [0.4, 0.5) is 9.18 Å². The van der Waals surface area contributed by atoms with Crippen molar-refractivity contribution in [2.24, 2.45) is 11.1 Å². The number of piperidine rings is 1. The fourth-order valence-corrected chi connectivity index (χ4v) is 3.13. The van der Waals surface area contributed by atoms with Crippen LogP contribution in [0.15, 0.2) is 29.4 Å². The lowest BCUT2D eigenvalue weighted by Gasteiger charge is -2.36. The van der Waals surface area contributed by atoms with Crippen LogP contribution in [-0.2, 0) is 9.57 Å². The minimum Gasteiger partial charge on any atom is -0.392 e. The van der Waals surface area contributed by atoms with Gasteiger partial charge in [-0.1, -0.05) is 19.0 Å². The number of nitrogens with one attached hydrogen (secondary N) is 1. The summed E-state index contributed by atoms with van der Waals surface area (Å²) in [5, 5.41) is 6.57. The van der Waals surface area contributed by atoms with E-state index in [1.54, 1.807) is 4.90 Å². The van der Waals surface area contributed by atoms with Crippen LogP contribution in [0.1, 0.15) is 43.5 Å². The van der Waals surface area contributed by atoms with E-state index in [-0.39, 0.29) is 17.6 Å². The number of amides is 2. The van der Waals surface area contributed by atoms with Gasteiger partial charge in [-0.25, -0.2) is 9.18 Å². The van der Waals surface area contributed by atoms with Gasteiger partial charge in [0.2, 0.25) is 5.90 Å². The van der Waals surface area contributed by atoms with Gasteiger partial charge in [-0.2, -0.15) is 0 Å². The lowest BCUT2D eigenvalue weighted by atomic mass is 9.88. The second kappa shape index (κ2) is 7.94. The van der Waals surface area contributed by atoms with Gasteiger partial charge in [-0.05, 0) is 30.2 Å². The second-order valence-corrected chi connectivity index (χ2v) is 7.40. The van der Waals surface area contributed by atoms with Crippen LogP contribution in [-0.4, -0.2) is 48.0 Å². The highest BCUT2D eigenvalue weighted by Gasteiger charge is 2.44. The molecule has 3 rings (SSSR count). The van der Waals surface area contributed by atoms with E-state index < -0.39 is 11.7 Å². The monoisotopic (exact) mass is 377 g/mol. The van der Waals surface area contributed by atoms with Crippen molar-refractivity contribution in [2.45, 2.75) is 38.7 Å². The van der Waals surface area contributed by atoms with E-state index in [4.69, 9.17) is 9.57 Å². The average molecular weight is 377 g/mol. The van der Waals surface area contributed by atoms with Gasteiger partial charge in [-0.3, -0.25) is 4.79 Å². The number of carbonyl (C=O) groups excluding carboxylic acids is 2. The van der Waals surface area contributed by atoms with Gasteiger partial charge >= 0.3 is 6.09 Å². The quantitative estimate of drug-likeness (QED) is 0.878. The van der Waals surface area contributed by atoms with Gasteiger partial charge in [-0.15, -0.1) is 0 Å². The third kappa shape index (κ3) is 4.75. The number of likely N-dealkylation sites (tertiary alicyclic amines) is 1. The third-order valence-electron chi connectivity index (χ3n) is 4.73. The third-order valence-corrected chi connectivity index (χ3v) is 4.73. The largest absolute Gasteiger partial charge is 0.413 e. The first kappa shape index (κ1) is 19.1. The molecule has 1 fully saturated rings. The molecule has 2 aliphatic rings. The minimum atomic E-state index is -0.535. The molecule has 27 heavy (non-hydrogen) atoms. The predicted octanol–water partition coefficient (Wildman–Crippen LogP) is 2.92. The van der Waals surface area contributed by atoms with E-state index in [0.717, 1.165) is 0 Å². The number of carbonyl (C=O) groups is 2. The maximum absolute atomic E-state index is 13.0. The van der Waals surface area contributed by atoms with E-state index in [9.17, 15) is 14.0 Å². The summed E-state index contributed by atoms with van der Waals surface area (Å²) in [6.45, 7) is 5.51. The van der Waals surface area contributed by atoms with Gasteiger partial charge in [0, 0.05) is 38.0 Å². The van der Waals surface area contributed by atoms with Crippen LogP contribution in [0.3, 0.4) is 0 Å². The zero-order chi connectivity index (χ0) is 19.4. The zero-order valence-electron chi connectivity index (χ0n) is 15.5. The molecule has 0 saturated carbocycles. The molecule has 2 aliphatic heterocycles. The summed E-state index contributed by atoms with van der Waals surface area (Å²) in [6, 6.07) is 5.53. The maximum Gasteiger partial charge on any atom is 0.413 e. The summed E-state index contributed by atoms with van der Waals surface area (Å²) in [5.74, 6) is 0.0853. The van der Waals surface area contributed by atoms with E-state index >= 15 is 0 Å².